The summed E-state index contributed by atoms with van der Waals surface area (Å²) in [5, 5.41) is 0.381. The Morgan fingerprint density at radius 1 is 1.47 bits per heavy atom. The third-order valence-corrected chi connectivity index (χ3v) is 2.29. The fourth-order valence-corrected chi connectivity index (χ4v) is 1.53. The molecule has 0 aliphatic heterocycles. The Hall–Kier alpha value is -1.22. The fourth-order valence-electron chi connectivity index (χ4n) is 1.24. The molecule has 0 N–H and O–H groups in total. The summed E-state index contributed by atoms with van der Waals surface area (Å²) in [5.41, 5.74) is 1.22. The minimum Gasteiger partial charge on any atom is -0.496 e. The summed E-state index contributed by atoms with van der Waals surface area (Å²) in [7, 11) is 1.55. The van der Waals surface area contributed by atoms with E-state index in [4.69, 9.17) is 21.1 Å². The summed E-state index contributed by atoms with van der Waals surface area (Å²) in [4.78, 5) is 11.5. The van der Waals surface area contributed by atoms with Crippen molar-refractivity contribution < 1.29 is 14.3 Å². The summed E-state index contributed by atoms with van der Waals surface area (Å²) >= 11 is 5.93. The van der Waals surface area contributed by atoms with Crippen LogP contribution in [0.25, 0.3) is 0 Å². The molecule has 4 heteroatoms. The highest BCUT2D eigenvalue weighted by molar-refractivity contribution is 6.33. The van der Waals surface area contributed by atoms with Crippen molar-refractivity contribution >= 4 is 17.6 Å². The van der Waals surface area contributed by atoms with Gasteiger partial charge in [0.25, 0.3) is 0 Å². The van der Waals surface area contributed by atoms with Crippen molar-refractivity contribution in [2.75, 3.05) is 13.7 Å². The molecule has 3 nitrogen and oxygen atoms in total. The lowest BCUT2D eigenvalue weighted by atomic mass is 10.1. The molecule has 1 aromatic rings. The van der Waals surface area contributed by atoms with E-state index in [1.165, 1.54) is 0 Å². The zero-order chi connectivity index (χ0) is 11.4. The molecule has 0 saturated carbocycles. The second-order valence-electron chi connectivity index (χ2n) is 3.02. The van der Waals surface area contributed by atoms with Crippen molar-refractivity contribution in [1.29, 1.82) is 0 Å². The average molecular weight is 229 g/mol. The molecule has 0 heterocycles. The molecule has 0 spiro atoms. The van der Waals surface area contributed by atoms with E-state index >= 15 is 0 Å². The molecule has 1 aromatic carbocycles. The van der Waals surface area contributed by atoms with Gasteiger partial charge in [-0.15, -0.1) is 0 Å². The molecular weight excluding hydrogens is 216 g/mol. The van der Waals surface area contributed by atoms with Gasteiger partial charge in [-0.3, -0.25) is 0 Å². The number of aryl methyl sites for hydroxylation is 1. The predicted molar refractivity (Wildman–Crippen MR) is 58.7 cm³/mol. The van der Waals surface area contributed by atoms with Crippen molar-refractivity contribution in [1.82, 2.24) is 0 Å². The molecule has 0 saturated heterocycles. The number of methoxy groups -OCH3 is 1. The van der Waals surface area contributed by atoms with E-state index in [-0.39, 0.29) is 0 Å². The third-order valence-electron chi connectivity index (χ3n) is 1.98. The smallest absolute Gasteiger partial charge is 0.339 e. The Kier molecular flexibility index (Phi) is 3.97. The van der Waals surface area contributed by atoms with Crippen LogP contribution in [0.3, 0.4) is 0 Å². The first-order valence-corrected chi connectivity index (χ1v) is 4.99. The number of esters is 1. The lowest BCUT2D eigenvalue weighted by Crippen LogP contribution is -2.06. The SMILES string of the molecule is CCOC(=O)c1cc(OC)c(C)cc1Cl. The van der Waals surface area contributed by atoms with E-state index in [9.17, 15) is 4.79 Å². The number of carbonyl (C=O) groups is 1. The maximum Gasteiger partial charge on any atom is 0.339 e. The highest BCUT2D eigenvalue weighted by atomic mass is 35.5. The van der Waals surface area contributed by atoms with Crippen molar-refractivity contribution in [3.63, 3.8) is 0 Å². The second kappa shape index (κ2) is 5.03. The molecule has 0 unspecified atom stereocenters. The van der Waals surface area contributed by atoms with Crippen LogP contribution in [0.4, 0.5) is 0 Å². The van der Waals surface area contributed by atoms with Gasteiger partial charge in [-0.25, -0.2) is 4.79 Å². The molecule has 1 rings (SSSR count). The van der Waals surface area contributed by atoms with Gasteiger partial charge < -0.3 is 9.47 Å². The summed E-state index contributed by atoms with van der Waals surface area (Å²) in [6.45, 7) is 3.93. The number of hydrogen-bond donors (Lipinski definition) is 0. The van der Waals surface area contributed by atoms with Crippen LogP contribution >= 0.6 is 11.6 Å². The Bertz CT molecular complexity index is 374. The van der Waals surface area contributed by atoms with Crippen LogP contribution in [0.1, 0.15) is 22.8 Å². The predicted octanol–water partition coefficient (Wildman–Crippen LogP) is 2.83. The minimum absolute atomic E-state index is 0.325. The van der Waals surface area contributed by atoms with Crippen molar-refractivity contribution in [2.24, 2.45) is 0 Å². The summed E-state index contributed by atoms with van der Waals surface area (Å²) < 4.78 is 9.97. The normalized spacial score (nSPS) is 9.87. The molecule has 0 fully saturated rings. The van der Waals surface area contributed by atoms with Gasteiger partial charge in [0.15, 0.2) is 0 Å². The first kappa shape index (κ1) is 11.9. The van der Waals surface area contributed by atoms with Gasteiger partial charge in [0.05, 0.1) is 24.3 Å². The van der Waals surface area contributed by atoms with Gasteiger partial charge in [0.1, 0.15) is 5.75 Å². The van der Waals surface area contributed by atoms with Gasteiger partial charge in [-0.2, -0.15) is 0 Å². The van der Waals surface area contributed by atoms with Crippen molar-refractivity contribution in [3.8, 4) is 5.75 Å². The lowest BCUT2D eigenvalue weighted by molar-refractivity contribution is 0.0526. The van der Waals surface area contributed by atoms with Crippen LogP contribution in [0.5, 0.6) is 5.75 Å². The van der Waals surface area contributed by atoms with Crippen LogP contribution < -0.4 is 4.74 Å². The fraction of sp³-hybridized carbons (Fsp3) is 0.364. The van der Waals surface area contributed by atoms with Crippen molar-refractivity contribution in [3.05, 3.63) is 28.3 Å². The molecule has 0 bridgehead atoms. The highest BCUT2D eigenvalue weighted by Gasteiger charge is 2.14. The lowest BCUT2D eigenvalue weighted by Gasteiger charge is -2.09. The third kappa shape index (κ3) is 2.63. The van der Waals surface area contributed by atoms with Gasteiger partial charge in [0.2, 0.25) is 0 Å². The minimum atomic E-state index is -0.430. The Balaban J connectivity index is 3.12. The van der Waals surface area contributed by atoms with Crippen LogP contribution in [0, 0.1) is 6.92 Å². The maximum absolute atomic E-state index is 11.5. The summed E-state index contributed by atoms with van der Waals surface area (Å²) in [5.74, 6) is 0.197. The number of ether oxygens (including phenoxy) is 2. The molecule has 0 amide bonds. The second-order valence-corrected chi connectivity index (χ2v) is 3.43. The van der Waals surface area contributed by atoms with Crippen LogP contribution in [-0.2, 0) is 4.74 Å². The molecule has 0 atom stereocenters. The molecule has 0 aliphatic rings. The number of hydrogen-bond acceptors (Lipinski definition) is 3. The quantitative estimate of drug-likeness (QED) is 0.747. The largest absolute Gasteiger partial charge is 0.496 e. The monoisotopic (exact) mass is 228 g/mol. The Morgan fingerprint density at radius 3 is 2.67 bits per heavy atom. The molecule has 0 aliphatic carbocycles. The zero-order valence-corrected chi connectivity index (χ0v) is 9.72. The average Bonchev–Trinajstić information content (AvgIpc) is 2.18. The van der Waals surface area contributed by atoms with E-state index in [2.05, 4.69) is 0 Å². The number of rotatable bonds is 3. The van der Waals surface area contributed by atoms with E-state index in [0.717, 1.165) is 5.56 Å². The van der Waals surface area contributed by atoms with Gasteiger partial charge >= 0.3 is 5.97 Å². The maximum atomic E-state index is 11.5. The topological polar surface area (TPSA) is 35.5 Å². The molecule has 0 radical (unpaired) electrons. The Labute approximate surface area is 93.9 Å². The zero-order valence-electron chi connectivity index (χ0n) is 8.96. The highest BCUT2D eigenvalue weighted by Crippen LogP contribution is 2.26. The van der Waals surface area contributed by atoms with E-state index in [1.807, 2.05) is 6.92 Å². The van der Waals surface area contributed by atoms with Gasteiger partial charge in [-0.1, -0.05) is 11.6 Å². The van der Waals surface area contributed by atoms with Crippen molar-refractivity contribution in [2.45, 2.75) is 13.8 Å². The molecule has 0 aromatic heterocycles. The van der Waals surface area contributed by atoms with E-state index in [1.54, 1.807) is 26.2 Å². The van der Waals surface area contributed by atoms with Gasteiger partial charge in [0, 0.05) is 0 Å². The van der Waals surface area contributed by atoms with Crippen LogP contribution in [0.15, 0.2) is 12.1 Å². The summed E-state index contributed by atoms with van der Waals surface area (Å²) in [6, 6.07) is 3.28. The van der Waals surface area contributed by atoms with Crippen LogP contribution in [0.2, 0.25) is 5.02 Å². The molecule has 15 heavy (non-hydrogen) atoms. The standard InChI is InChI=1S/C11H13ClO3/c1-4-15-11(13)8-6-10(14-3)7(2)5-9(8)12/h5-6H,4H2,1-3H3. The number of benzene rings is 1. The van der Waals surface area contributed by atoms with E-state index < -0.39 is 5.97 Å². The first-order chi connectivity index (χ1) is 7.10. The molecule has 82 valence electrons. The first-order valence-electron chi connectivity index (χ1n) is 4.61. The van der Waals surface area contributed by atoms with Crippen LogP contribution in [-0.4, -0.2) is 19.7 Å². The molecular formula is C11H13ClO3. The number of halogens is 1. The van der Waals surface area contributed by atoms with E-state index in [0.29, 0.717) is 22.9 Å². The van der Waals surface area contributed by atoms with Gasteiger partial charge in [-0.05, 0) is 31.5 Å². The number of carbonyl (C=O) groups excluding carboxylic acids is 1. The summed E-state index contributed by atoms with van der Waals surface area (Å²) in [6.07, 6.45) is 0. The Morgan fingerprint density at radius 2 is 2.13 bits per heavy atom.